The predicted octanol–water partition coefficient (Wildman–Crippen LogP) is 1.00. The molecule has 1 aromatic rings. The summed E-state index contributed by atoms with van der Waals surface area (Å²) in [4.78, 5) is 10.9. The number of hydrogen-bond acceptors (Lipinski definition) is 3. The van der Waals surface area contributed by atoms with Crippen LogP contribution in [0, 0.1) is 0 Å². The van der Waals surface area contributed by atoms with Gasteiger partial charge in [0.25, 0.3) is 0 Å². The quantitative estimate of drug-likeness (QED) is 0.725. The number of carboxylic acid groups (broad SMARTS) is 1. The van der Waals surface area contributed by atoms with Crippen LogP contribution in [0.5, 0.6) is 0 Å². The molecule has 2 rings (SSSR count). The van der Waals surface area contributed by atoms with E-state index >= 15 is 0 Å². The standard InChI is InChI=1S/C10H14N2O3/c1-10(2)5-7-6(3-4-15-10)8(9(13)14)12-11-7/h3-5H2,1-2H3,(H,11,12)(H,13,14). The molecule has 0 radical (unpaired) electrons. The molecule has 5 heteroatoms. The molecule has 1 aromatic heterocycles. The zero-order chi connectivity index (χ0) is 11.1. The highest BCUT2D eigenvalue weighted by atomic mass is 16.5. The van der Waals surface area contributed by atoms with Crippen LogP contribution in [0.2, 0.25) is 0 Å². The van der Waals surface area contributed by atoms with E-state index in [1.807, 2.05) is 13.8 Å². The number of carboxylic acids is 1. The molecule has 5 nitrogen and oxygen atoms in total. The van der Waals surface area contributed by atoms with Gasteiger partial charge in [0.2, 0.25) is 0 Å². The molecule has 0 aliphatic carbocycles. The van der Waals surface area contributed by atoms with Gasteiger partial charge in [-0.2, -0.15) is 5.10 Å². The van der Waals surface area contributed by atoms with Gasteiger partial charge >= 0.3 is 5.97 Å². The van der Waals surface area contributed by atoms with Crippen molar-refractivity contribution < 1.29 is 14.6 Å². The maximum Gasteiger partial charge on any atom is 0.356 e. The van der Waals surface area contributed by atoms with Gasteiger partial charge in [0.15, 0.2) is 5.69 Å². The normalized spacial score (nSPS) is 19.3. The molecule has 0 unspecified atom stereocenters. The van der Waals surface area contributed by atoms with E-state index < -0.39 is 5.97 Å². The third-order valence-electron chi connectivity index (χ3n) is 2.60. The third kappa shape index (κ3) is 1.87. The summed E-state index contributed by atoms with van der Waals surface area (Å²) < 4.78 is 5.63. The second kappa shape index (κ2) is 3.34. The summed E-state index contributed by atoms with van der Waals surface area (Å²) in [6.45, 7) is 4.52. The topological polar surface area (TPSA) is 75.2 Å². The number of nitrogens with one attached hydrogen (secondary N) is 1. The molecule has 1 aliphatic heterocycles. The SMILES string of the molecule is CC1(C)Cc2[nH]nc(C(=O)O)c2CCO1. The first-order chi connectivity index (χ1) is 6.99. The number of aromatic amines is 1. The van der Waals surface area contributed by atoms with Crippen LogP contribution in [0.15, 0.2) is 0 Å². The van der Waals surface area contributed by atoms with E-state index in [2.05, 4.69) is 10.2 Å². The molecule has 0 aromatic carbocycles. The Morgan fingerprint density at radius 3 is 3.00 bits per heavy atom. The highest BCUT2D eigenvalue weighted by molar-refractivity contribution is 5.87. The minimum Gasteiger partial charge on any atom is -0.476 e. The van der Waals surface area contributed by atoms with Crippen LogP contribution in [0.1, 0.15) is 35.6 Å². The summed E-state index contributed by atoms with van der Waals surface area (Å²) in [5.41, 5.74) is 1.54. The molecular formula is C10H14N2O3. The first-order valence-corrected chi connectivity index (χ1v) is 4.93. The Balaban J connectivity index is 2.39. The van der Waals surface area contributed by atoms with Crippen LogP contribution in [0.25, 0.3) is 0 Å². The molecular weight excluding hydrogens is 196 g/mol. The van der Waals surface area contributed by atoms with Gasteiger partial charge in [-0.3, -0.25) is 5.10 Å². The monoisotopic (exact) mass is 210 g/mol. The number of nitrogens with zero attached hydrogens (tertiary/aromatic N) is 1. The number of aromatic carboxylic acids is 1. The number of rotatable bonds is 1. The Kier molecular flexibility index (Phi) is 2.26. The second-order valence-corrected chi connectivity index (χ2v) is 4.37. The van der Waals surface area contributed by atoms with Crippen molar-refractivity contribution >= 4 is 5.97 Å². The summed E-state index contributed by atoms with van der Waals surface area (Å²) >= 11 is 0. The average molecular weight is 210 g/mol. The van der Waals surface area contributed by atoms with Crippen molar-refractivity contribution in [3.63, 3.8) is 0 Å². The Morgan fingerprint density at radius 2 is 2.33 bits per heavy atom. The predicted molar refractivity (Wildman–Crippen MR) is 53.0 cm³/mol. The summed E-state index contributed by atoms with van der Waals surface area (Å²) in [6, 6.07) is 0. The Bertz CT molecular complexity index is 395. The van der Waals surface area contributed by atoms with Gasteiger partial charge in [-0.15, -0.1) is 0 Å². The number of fused-ring (bicyclic) bond motifs is 1. The van der Waals surface area contributed by atoms with Gasteiger partial charge in [0, 0.05) is 24.1 Å². The molecule has 0 saturated heterocycles. The van der Waals surface area contributed by atoms with Crippen molar-refractivity contribution in [2.24, 2.45) is 0 Å². The lowest BCUT2D eigenvalue weighted by atomic mass is 10.00. The fraction of sp³-hybridized carbons (Fsp3) is 0.600. The van der Waals surface area contributed by atoms with Gasteiger partial charge in [-0.1, -0.05) is 0 Å². The smallest absolute Gasteiger partial charge is 0.356 e. The largest absolute Gasteiger partial charge is 0.476 e. The summed E-state index contributed by atoms with van der Waals surface area (Å²) in [6.07, 6.45) is 1.28. The number of carbonyl (C=O) groups is 1. The molecule has 15 heavy (non-hydrogen) atoms. The molecule has 0 atom stereocenters. The number of H-pyrrole nitrogens is 1. The van der Waals surface area contributed by atoms with E-state index in [0.29, 0.717) is 19.4 Å². The summed E-state index contributed by atoms with van der Waals surface area (Å²) in [5, 5.41) is 15.5. The Labute approximate surface area is 87.4 Å². The van der Waals surface area contributed by atoms with E-state index in [9.17, 15) is 4.79 Å². The minimum atomic E-state index is -0.979. The lowest BCUT2D eigenvalue weighted by molar-refractivity contribution is -0.0110. The molecule has 0 saturated carbocycles. The van der Waals surface area contributed by atoms with E-state index in [4.69, 9.17) is 9.84 Å². The zero-order valence-corrected chi connectivity index (χ0v) is 8.83. The van der Waals surface area contributed by atoms with Crippen LogP contribution in [-0.4, -0.2) is 33.5 Å². The molecule has 1 aliphatic rings. The van der Waals surface area contributed by atoms with Crippen molar-refractivity contribution in [2.45, 2.75) is 32.3 Å². The van der Waals surface area contributed by atoms with Crippen molar-refractivity contribution in [3.05, 3.63) is 17.0 Å². The maximum absolute atomic E-state index is 10.9. The fourth-order valence-electron chi connectivity index (χ4n) is 1.90. The van der Waals surface area contributed by atoms with E-state index in [0.717, 1.165) is 11.3 Å². The molecule has 2 N–H and O–H groups in total. The van der Waals surface area contributed by atoms with E-state index in [-0.39, 0.29) is 11.3 Å². The number of hydrogen-bond donors (Lipinski definition) is 2. The zero-order valence-electron chi connectivity index (χ0n) is 8.83. The van der Waals surface area contributed by atoms with Crippen LogP contribution >= 0.6 is 0 Å². The van der Waals surface area contributed by atoms with Gasteiger partial charge in [0.05, 0.1) is 12.2 Å². The first kappa shape index (κ1) is 10.2. The van der Waals surface area contributed by atoms with Crippen molar-refractivity contribution in [1.82, 2.24) is 10.2 Å². The van der Waals surface area contributed by atoms with Crippen LogP contribution in [0.3, 0.4) is 0 Å². The van der Waals surface area contributed by atoms with Gasteiger partial charge in [0.1, 0.15) is 0 Å². The van der Waals surface area contributed by atoms with Crippen molar-refractivity contribution in [2.75, 3.05) is 6.61 Å². The molecule has 0 fully saturated rings. The van der Waals surface area contributed by atoms with E-state index in [1.165, 1.54) is 0 Å². The molecule has 0 bridgehead atoms. The lowest BCUT2D eigenvalue weighted by Gasteiger charge is -2.22. The number of aromatic nitrogens is 2. The Hall–Kier alpha value is -1.36. The third-order valence-corrected chi connectivity index (χ3v) is 2.60. The molecule has 82 valence electrons. The molecule has 2 heterocycles. The van der Waals surface area contributed by atoms with Crippen LogP contribution < -0.4 is 0 Å². The first-order valence-electron chi connectivity index (χ1n) is 4.93. The molecule has 0 amide bonds. The summed E-state index contributed by atoms with van der Waals surface area (Å²) in [5.74, 6) is -0.979. The summed E-state index contributed by atoms with van der Waals surface area (Å²) in [7, 11) is 0. The fourth-order valence-corrected chi connectivity index (χ4v) is 1.90. The van der Waals surface area contributed by atoms with Gasteiger partial charge in [-0.05, 0) is 13.8 Å². The second-order valence-electron chi connectivity index (χ2n) is 4.37. The van der Waals surface area contributed by atoms with E-state index in [1.54, 1.807) is 0 Å². The Morgan fingerprint density at radius 1 is 1.60 bits per heavy atom. The maximum atomic E-state index is 10.9. The van der Waals surface area contributed by atoms with Crippen molar-refractivity contribution in [1.29, 1.82) is 0 Å². The van der Waals surface area contributed by atoms with Crippen LogP contribution in [0.4, 0.5) is 0 Å². The van der Waals surface area contributed by atoms with Crippen molar-refractivity contribution in [3.8, 4) is 0 Å². The number of ether oxygens (including phenoxy) is 1. The molecule has 0 spiro atoms. The highest BCUT2D eigenvalue weighted by Crippen LogP contribution is 2.24. The highest BCUT2D eigenvalue weighted by Gasteiger charge is 2.28. The van der Waals surface area contributed by atoms with Crippen LogP contribution in [-0.2, 0) is 17.6 Å². The average Bonchev–Trinajstić information content (AvgIpc) is 2.41. The minimum absolute atomic E-state index is 0.131. The van der Waals surface area contributed by atoms with Gasteiger partial charge < -0.3 is 9.84 Å². The van der Waals surface area contributed by atoms with Gasteiger partial charge in [-0.25, -0.2) is 4.79 Å². The lowest BCUT2D eigenvalue weighted by Crippen LogP contribution is -2.26.